The second-order valence-electron chi connectivity index (χ2n) is 6.73. The number of anilines is 1. The molecule has 27 heavy (non-hydrogen) atoms. The van der Waals surface area contributed by atoms with Crippen molar-refractivity contribution in [1.29, 1.82) is 0 Å². The van der Waals surface area contributed by atoms with Crippen molar-refractivity contribution in [2.45, 2.75) is 19.9 Å². The van der Waals surface area contributed by atoms with Gasteiger partial charge in [-0.3, -0.25) is 4.98 Å². The highest BCUT2D eigenvalue weighted by atomic mass is 16.3. The zero-order valence-electron chi connectivity index (χ0n) is 15.3. The predicted molar refractivity (Wildman–Crippen MR) is 109 cm³/mol. The molecule has 0 aliphatic heterocycles. The van der Waals surface area contributed by atoms with Crippen LogP contribution in [0.15, 0.2) is 73.1 Å². The number of benzene rings is 2. The van der Waals surface area contributed by atoms with Gasteiger partial charge in [0.1, 0.15) is 17.1 Å². The molecule has 0 amide bonds. The Hall–Kier alpha value is -3.40. The molecular formula is C23H21N3O. The van der Waals surface area contributed by atoms with Crippen LogP contribution in [0.1, 0.15) is 28.3 Å². The van der Waals surface area contributed by atoms with Crippen LogP contribution in [0, 0.1) is 13.8 Å². The van der Waals surface area contributed by atoms with Crippen molar-refractivity contribution in [2.24, 2.45) is 0 Å². The van der Waals surface area contributed by atoms with E-state index in [1.54, 1.807) is 12.4 Å². The Balaban J connectivity index is 1.88. The highest BCUT2D eigenvalue weighted by molar-refractivity contribution is 5.86. The fourth-order valence-electron chi connectivity index (χ4n) is 3.37. The number of fused-ring (bicyclic) bond motifs is 1. The average Bonchev–Trinajstić information content (AvgIpc) is 2.68. The van der Waals surface area contributed by atoms with Crippen molar-refractivity contribution < 1.29 is 5.11 Å². The summed E-state index contributed by atoms with van der Waals surface area (Å²) in [5, 5.41) is 15.4. The minimum atomic E-state index is -0.244. The summed E-state index contributed by atoms with van der Waals surface area (Å²) in [7, 11) is 0. The van der Waals surface area contributed by atoms with E-state index in [-0.39, 0.29) is 11.8 Å². The fourth-order valence-corrected chi connectivity index (χ4v) is 3.37. The monoisotopic (exact) mass is 355 g/mol. The van der Waals surface area contributed by atoms with Crippen LogP contribution in [0.5, 0.6) is 5.75 Å². The summed E-state index contributed by atoms with van der Waals surface area (Å²) >= 11 is 0. The molecule has 0 fully saturated rings. The van der Waals surface area contributed by atoms with Crippen molar-refractivity contribution in [3.05, 3.63) is 95.3 Å². The van der Waals surface area contributed by atoms with Crippen molar-refractivity contribution in [3.63, 3.8) is 0 Å². The van der Waals surface area contributed by atoms with Crippen molar-refractivity contribution >= 4 is 16.7 Å². The third-order valence-electron chi connectivity index (χ3n) is 4.80. The van der Waals surface area contributed by atoms with E-state index in [1.165, 1.54) is 0 Å². The Morgan fingerprint density at radius 2 is 1.70 bits per heavy atom. The third-order valence-corrected chi connectivity index (χ3v) is 4.80. The van der Waals surface area contributed by atoms with E-state index in [9.17, 15) is 5.11 Å². The number of aryl methyl sites for hydroxylation is 2. The van der Waals surface area contributed by atoms with Gasteiger partial charge in [-0.2, -0.15) is 0 Å². The van der Waals surface area contributed by atoms with Crippen LogP contribution >= 0.6 is 0 Å². The second kappa shape index (κ2) is 7.08. The molecule has 2 aromatic heterocycles. The van der Waals surface area contributed by atoms with Crippen LogP contribution in [0.25, 0.3) is 10.9 Å². The van der Waals surface area contributed by atoms with Crippen molar-refractivity contribution in [2.75, 3.05) is 5.32 Å². The van der Waals surface area contributed by atoms with Gasteiger partial charge in [0.05, 0.1) is 6.04 Å². The van der Waals surface area contributed by atoms with Gasteiger partial charge in [-0.05, 0) is 48.7 Å². The Labute approximate surface area is 158 Å². The molecule has 4 heteroatoms. The summed E-state index contributed by atoms with van der Waals surface area (Å²) in [6.07, 6.45) is 3.48. The number of phenols is 1. The Morgan fingerprint density at radius 3 is 2.52 bits per heavy atom. The van der Waals surface area contributed by atoms with Gasteiger partial charge in [-0.15, -0.1) is 0 Å². The summed E-state index contributed by atoms with van der Waals surface area (Å²) in [5.41, 5.74) is 4.74. The first-order chi connectivity index (χ1) is 13.1. The zero-order chi connectivity index (χ0) is 18.8. The van der Waals surface area contributed by atoms with Crippen LogP contribution in [-0.2, 0) is 0 Å². The first-order valence-electron chi connectivity index (χ1n) is 8.95. The number of phenolic OH excluding ortho intramolecular Hbond substituents is 1. The number of pyridine rings is 2. The largest absolute Gasteiger partial charge is 0.505 e. The van der Waals surface area contributed by atoms with E-state index in [0.717, 1.165) is 33.5 Å². The molecule has 0 aliphatic carbocycles. The third kappa shape index (κ3) is 3.34. The molecular weight excluding hydrogens is 334 g/mol. The highest BCUT2D eigenvalue weighted by Gasteiger charge is 2.21. The number of aromatic hydroxyl groups is 1. The molecule has 0 bridgehead atoms. The number of nitrogens with one attached hydrogen (secondary N) is 1. The first-order valence-corrected chi connectivity index (χ1v) is 8.95. The van der Waals surface area contributed by atoms with Crippen molar-refractivity contribution in [1.82, 2.24) is 9.97 Å². The number of hydrogen-bond donors (Lipinski definition) is 2. The number of rotatable bonds is 4. The van der Waals surface area contributed by atoms with E-state index in [2.05, 4.69) is 34.3 Å². The minimum absolute atomic E-state index is 0.196. The lowest BCUT2D eigenvalue weighted by atomic mass is 9.93. The highest BCUT2D eigenvalue weighted by Crippen LogP contribution is 2.37. The zero-order valence-corrected chi connectivity index (χ0v) is 15.3. The molecule has 0 spiro atoms. The molecule has 0 saturated carbocycles. The van der Waals surface area contributed by atoms with Gasteiger partial charge >= 0.3 is 0 Å². The molecule has 4 aromatic rings. The van der Waals surface area contributed by atoms with Crippen LogP contribution in [-0.4, -0.2) is 15.1 Å². The lowest BCUT2D eigenvalue weighted by Crippen LogP contribution is -2.15. The lowest BCUT2D eigenvalue weighted by molar-refractivity contribution is 0.471. The van der Waals surface area contributed by atoms with Crippen LogP contribution in [0.3, 0.4) is 0 Å². The molecule has 4 rings (SSSR count). The van der Waals surface area contributed by atoms with E-state index >= 15 is 0 Å². The van der Waals surface area contributed by atoms with Crippen LogP contribution in [0.2, 0.25) is 0 Å². The van der Waals surface area contributed by atoms with Gasteiger partial charge in [0.25, 0.3) is 0 Å². The smallest absolute Gasteiger partial charge is 0.147 e. The van der Waals surface area contributed by atoms with E-state index in [1.807, 2.05) is 55.5 Å². The van der Waals surface area contributed by atoms with Gasteiger partial charge in [0.2, 0.25) is 0 Å². The van der Waals surface area contributed by atoms with Gasteiger partial charge in [0, 0.05) is 23.3 Å². The molecule has 1 atom stereocenters. The summed E-state index contributed by atoms with van der Waals surface area (Å²) in [6.45, 7) is 4.11. The molecule has 0 radical (unpaired) electrons. The van der Waals surface area contributed by atoms with E-state index in [4.69, 9.17) is 0 Å². The SMILES string of the molecule is Cc1ccnc(N[C@H](c2ccccc2C)c2ccc3cccnc3c2O)c1. The normalized spacial score (nSPS) is 12.1. The molecule has 0 unspecified atom stereocenters. The van der Waals surface area contributed by atoms with Crippen LogP contribution < -0.4 is 5.32 Å². The van der Waals surface area contributed by atoms with Gasteiger partial charge in [-0.25, -0.2) is 4.98 Å². The summed E-state index contributed by atoms with van der Waals surface area (Å²) in [4.78, 5) is 8.81. The first kappa shape index (κ1) is 17.0. The maximum atomic E-state index is 11.0. The maximum Gasteiger partial charge on any atom is 0.147 e. The molecule has 134 valence electrons. The standard InChI is InChI=1S/C23H21N3O/c1-15-11-13-24-20(14-15)26-22(18-8-4-3-6-16(18)2)19-10-9-17-7-5-12-25-21(17)23(19)27/h3-14,22,27H,1-2H3,(H,24,26)/t22-/m1/s1. The summed E-state index contributed by atoms with van der Waals surface area (Å²) in [6, 6.07) is 19.7. The number of nitrogens with zero attached hydrogens (tertiary/aromatic N) is 2. The summed E-state index contributed by atoms with van der Waals surface area (Å²) < 4.78 is 0. The van der Waals surface area contributed by atoms with Gasteiger partial charge in [-0.1, -0.05) is 42.5 Å². The van der Waals surface area contributed by atoms with E-state index < -0.39 is 0 Å². The lowest BCUT2D eigenvalue weighted by Gasteiger charge is -2.23. The molecule has 2 aromatic carbocycles. The van der Waals surface area contributed by atoms with Crippen LogP contribution in [0.4, 0.5) is 5.82 Å². The Kier molecular flexibility index (Phi) is 4.47. The molecule has 2 heterocycles. The molecule has 4 nitrogen and oxygen atoms in total. The Bertz CT molecular complexity index is 1110. The second-order valence-corrected chi connectivity index (χ2v) is 6.73. The number of hydrogen-bond acceptors (Lipinski definition) is 4. The predicted octanol–water partition coefficient (Wildman–Crippen LogP) is 5.15. The van der Waals surface area contributed by atoms with Gasteiger partial charge in [0.15, 0.2) is 0 Å². The Morgan fingerprint density at radius 1 is 0.852 bits per heavy atom. The fraction of sp³-hybridized carbons (Fsp3) is 0.130. The maximum absolute atomic E-state index is 11.0. The quantitative estimate of drug-likeness (QED) is 0.531. The molecule has 0 saturated heterocycles. The minimum Gasteiger partial charge on any atom is -0.505 e. The number of aromatic nitrogens is 2. The molecule has 2 N–H and O–H groups in total. The average molecular weight is 355 g/mol. The van der Waals surface area contributed by atoms with Crippen molar-refractivity contribution in [3.8, 4) is 5.75 Å². The summed E-state index contributed by atoms with van der Waals surface area (Å²) in [5.74, 6) is 0.963. The molecule has 0 aliphatic rings. The van der Waals surface area contributed by atoms with E-state index in [0.29, 0.717) is 5.52 Å². The van der Waals surface area contributed by atoms with Gasteiger partial charge < -0.3 is 10.4 Å². The topological polar surface area (TPSA) is 58.0 Å².